The maximum atomic E-state index is 12.3. The third kappa shape index (κ3) is 4.97. The molecule has 1 saturated heterocycles. The Hall–Kier alpha value is -3.09. The van der Waals surface area contributed by atoms with E-state index in [4.69, 9.17) is 4.74 Å². The molecule has 1 fully saturated rings. The second-order valence-corrected chi connectivity index (χ2v) is 6.59. The third-order valence-electron chi connectivity index (χ3n) is 4.59. The summed E-state index contributed by atoms with van der Waals surface area (Å²) in [6.45, 7) is 3.79. The summed E-state index contributed by atoms with van der Waals surface area (Å²) in [5.41, 5.74) is 1.86. The van der Waals surface area contributed by atoms with Crippen molar-refractivity contribution in [3.05, 3.63) is 58.6 Å². The lowest BCUT2D eigenvalue weighted by atomic mass is 10.1. The van der Waals surface area contributed by atoms with E-state index in [1.54, 1.807) is 6.92 Å². The summed E-state index contributed by atoms with van der Waals surface area (Å²) in [7, 11) is 0. The van der Waals surface area contributed by atoms with E-state index in [1.165, 1.54) is 49.2 Å². The molecule has 0 aromatic heterocycles. The number of hydrogen-bond donors (Lipinski definition) is 1. The fraction of sp³-hybridized carbons (Fsp3) is 0.350. The van der Waals surface area contributed by atoms with Crippen LogP contribution in [0.1, 0.15) is 26.2 Å². The molecule has 1 heterocycles. The van der Waals surface area contributed by atoms with E-state index < -0.39 is 11.0 Å². The third-order valence-corrected chi connectivity index (χ3v) is 4.59. The number of nitro groups is 1. The normalized spacial score (nSPS) is 15.1. The number of anilines is 2. The first-order chi connectivity index (χ1) is 13.0. The number of non-ortho nitro benzene ring substituents is 1. The van der Waals surface area contributed by atoms with Gasteiger partial charge >= 0.3 is 0 Å². The maximum Gasteiger partial charge on any atom is 0.269 e. The highest BCUT2D eigenvalue weighted by Crippen LogP contribution is 2.22. The first kappa shape index (κ1) is 18.7. The summed E-state index contributed by atoms with van der Waals surface area (Å²) in [5.74, 6) is 0.128. The number of rotatable bonds is 6. The molecule has 2 aromatic rings. The lowest BCUT2D eigenvalue weighted by Crippen LogP contribution is -2.30. The number of nitro benzene ring substituents is 1. The van der Waals surface area contributed by atoms with Crippen molar-refractivity contribution in [1.82, 2.24) is 0 Å². The van der Waals surface area contributed by atoms with Crippen molar-refractivity contribution in [1.29, 1.82) is 0 Å². The number of piperidine rings is 1. The van der Waals surface area contributed by atoms with Crippen LogP contribution in [0.15, 0.2) is 48.5 Å². The first-order valence-corrected chi connectivity index (χ1v) is 9.10. The number of benzene rings is 2. The van der Waals surface area contributed by atoms with E-state index in [9.17, 15) is 14.9 Å². The summed E-state index contributed by atoms with van der Waals surface area (Å²) in [6.07, 6.45) is 3.00. The van der Waals surface area contributed by atoms with Gasteiger partial charge in [-0.05, 0) is 62.6 Å². The number of carbonyl (C=O) groups is 1. The second kappa shape index (κ2) is 8.53. The molecule has 1 aliphatic heterocycles. The fourth-order valence-electron chi connectivity index (χ4n) is 3.06. The van der Waals surface area contributed by atoms with E-state index in [0.29, 0.717) is 11.4 Å². The summed E-state index contributed by atoms with van der Waals surface area (Å²) in [6, 6.07) is 13.5. The minimum Gasteiger partial charge on any atom is -0.481 e. The van der Waals surface area contributed by atoms with Crippen LogP contribution in [0.4, 0.5) is 17.1 Å². The van der Waals surface area contributed by atoms with Crippen molar-refractivity contribution in [2.45, 2.75) is 32.3 Å². The predicted molar refractivity (Wildman–Crippen MR) is 104 cm³/mol. The van der Waals surface area contributed by atoms with Gasteiger partial charge in [0, 0.05) is 36.6 Å². The Morgan fingerprint density at radius 3 is 2.30 bits per heavy atom. The van der Waals surface area contributed by atoms with Crippen LogP contribution in [0.5, 0.6) is 5.75 Å². The summed E-state index contributed by atoms with van der Waals surface area (Å²) >= 11 is 0. The second-order valence-electron chi connectivity index (χ2n) is 6.59. The quantitative estimate of drug-likeness (QED) is 0.615. The topological polar surface area (TPSA) is 84.7 Å². The van der Waals surface area contributed by atoms with Gasteiger partial charge in [0.05, 0.1) is 4.92 Å². The molecule has 1 atom stereocenters. The van der Waals surface area contributed by atoms with Gasteiger partial charge in [-0.15, -0.1) is 0 Å². The molecular weight excluding hydrogens is 346 g/mol. The largest absolute Gasteiger partial charge is 0.481 e. The molecule has 0 radical (unpaired) electrons. The molecule has 27 heavy (non-hydrogen) atoms. The van der Waals surface area contributed by atoms with Crippen molar-refractivity contribution < 1.29 is 14.5 Å². The number of amides is 1. The van der Waals surface area contributed by atoms with Crippen LogP contribution in [0, 0.1) is 10.1 Å². The highest BCUT2D eigenvalue weighted by Gasteiger charge is 2.16. The van der Waals surface area contributed by atoms with Crippen LogP contribution in [0.3, 0.4) is 0 Å². The van der Waals surface area contributed by atoms with Crippen molar-refractivity contribution in [2.75, 3.05) is 23.3 Å². The maximum absolute atomic E-state index is 12.3. The van der Waals surface area contributed by atoms with Crippen molar-refractivity contribution in [3.63, 3.8) is 0 Å². The molecule has 0 spiro atoms. The molecule has 7 heteroatoms. The van der Waals surface area contributed by atoms with Gasteiger partial charge in [-0.2, -0.15) is 0 Å². The summed E-state index contributed by atoms with van der Waals surface area (Å²) in [4.78, 5) is 24.9. The van der Waals surface area contributed by atoms with Crippen LogP contribution in [-0.2, 0) is 4.79 Å². The summed E-state index contributed by atoms with van der Waals surface area (Å²) in [5, 5.41) is 13.5. The molecule has 1 N–H and O–H groups in total. The Labute approximate surface area is 158 Å². The zero-order chi connectivity index (χ0) is 19.2. The predicted octanol–water partition coefficient (Wildman–Crippen LogP) is 3.99. The van der Waals surface area contributed by atoms with Crippen LogP contribution < -0.4 is 15.0 Å². The van der Waals surface area contributed by atoms with Crippen molar-refractivity contribution >= 4 is 23.0 Å². The first-order valence-electron chi connectivity index (χ1n) is 9.10. The number of ether oxygens (including phenoxy) is 1. The summed E-state index contributed by atoms with van der Waals surface area (Å²) < 4.78 is 5.56. The van der Waals surface area contributed by atoms with Gasteiger partial charge in [0.2, 0.25) is 0 Å². The van der Waals surface area contributed by atoms with Crippen LogP contribution in [0.2, 0.25) is 0 Å². The average Bonchev–Trinajstić information content (AvgIpc) is 2.69. The molecule has 0 unspecified atom stereocenters. The van der Waals surface area contributed by atoms with E-state index in [2.05, 4.69) is 10.2 Å². The van der Waals surface area contributed by atoms with Gasteiger partial charge in [0.15, 0.2) is 6.10 Å². The van der Waals surface area contributed by atoms with E-state index >= 15 is 0 Å². The smallest absolute Gasteiger partial charge is 0.269 e. The molecule has 0 saturated carbocycles. The SMILES string of the molecule is C[C@@H](Oc1ccc([N+](=O)[O-])cc1)C(=O)Nc1ccc(N2CCCCC2)cc1. The van der Waals surface area contributed by atoms with E-state index in [1.807, 2.05) is 24.3 Å². The van der Waals surface area contributed by atoms with Crippen molar-refractivity contribution in [3.8, 4) is 5.75 Å². The number of carbonyl (C=O) groups excluding carboxylic acids is 1. The molecule has 0 bridgehead atoms. The minimum absolute atomic E-state index is 0.0201. The molecule has 3 rings (SSSR count). The molecule has 2 aromatic carbocycles. The van der Waals surface area contributed by atoms with Gasteiger partial charge in [-0.3, -0.25) is 14.9 Å². The number of nitrogens with zero attached hydrogens (tertiary/aromatic N) is 2. The molecule has 0 aliphatic carbocycles. The zero-order valence-electron chi connectivity index (χ0n) is 15.3. The molecule has 7 nitrogen and oxygen atoms in total. The molecule has 142 valence electrons. The van der Waals surface area contributed by atoms with Crippen LogP contribution in [-0.4, -0.2) is 30.0 Å². The van der Waals surface area contributed by atoms with Crippen molar-refractivity contribution in [2.24, 2.45) is 0 Å². The van der Waals surface area contributed by atoms with E-state index in [-0.39, 0.29) is 11.6 Å². The molecule has 1 amide bonds. The Balaban J connectivity index is 1.55. The highest BCUT2D eigenvalue weighted by atomic mass is 16.6. The zero-order valence-corrected chi connectivity index (χ0v) is 15.3. The monoisotopic (exact) mass is 369 g/mol. The van der Waals surface area contributed by atoms with E-state index in [0.717, 1.165) is 13.1 Å². The Morgan fingerprint density at radius 2 is 1.70 bits per heavy atom. The Kier molecular flexibility index (Phi) is 5.90. The number of hydrogen-bond acceptors (Lipinski definition) is 5. The number of nitrogens with one attached hydrogen (secondary N) is 1. The highest BCUT2D eigenvalue weighted by molar-refractivity contribution is 5.94. The van der Waals surface area contributed by atoms with Gasteiger partial charge in [0.25, 0.3) is 11.6 Å². The minimum atomic E-state index is -0.728. The standard InChI is InChI=1S/C20H23N3O4/c1-15(27-19-11-9-18(10-12-19)23(25)26)20(24)21-16-5-7-17(8-6-16)22-13-3-2-4-14-22/h5-12,15H,2-4,13-14H2,1H3,(H,21,24)/t15-/m1/s1. The average molecular weight is 369 g/mol. The fourth-order valence-corrected chi connectivity index (χ4v) is 3.06. The molecule has 1 aliphatic rings. The Bertz CT molecular complexity index is 784. The van der Waals surface area contributed by atoms with Gasteiger partial charge in [-0.25, -0.2) is 0 Å². The lowest BCUT2D eigenvalue weighted by Gasteiger charge is -2.28. The lowest BCUT2D eigenvalue weighted by molar-refractivity contribution is -0.384. The van der Waals surface area contributed by atoms with Gasteiger partial charge in [0.1, 0.15) is 5.75 Å². The van der Waals surface area contributed by atoms with Crippen LogP contribution >= 0.6 is 0 Å². The van der Waals surface area contributed by atoms with Gasteiger partial charge < -0.3 is 15.0 Å². The molecular formula is C20H23N3O4. The van der Waals surface area contributed by atoms with Gasteiger partial charge in [-0.1, -0.05) is 0 Å². The van der Waals surface area contributed by atoms with Crippen LogP contribution in [0.25, 0.3) is 0 Å². The Morgan fingerprint density at radius 1 is 1.07 bits per heavy atom.